The van der Waals surface area contributed by atoms with Crippen molar-refractivity contribution in [2.75, 3.05) is 6.54 Å². The van der Waals surface area contributed by atoms with Gasteiger partial charge in [-0.1, -0.05) is 44.4 Å². The maximum absolute atomic E-state index is 5.50. The van der Waals surface area contributed by atoms with E-state index in [4.69, 9.17) is 4.74 Å². The molecule has 0 amide bonds. The van der Waals surface area contributed by atoms with Crippen LogP contribution in [0.4, 0.5) is 0 Å². The molecule has 0 spiro atoms. The molecule has 1 unspecified atom stereocenters. The van der Waals surface area contributed by atoms with E-state index >= 15 is 0 Å². The molecular formula is C16H23NO. The van der Waals surface area contributed by atoms with Crippen molar-refractivity contribution in [3.63, 3.8) is 0 Å². The minimum Gasteiger partial charge on any atom is -0.372 e. The number of benzene rings is 1. The summed E-state index contributed by atoms with van der Waals surface area (Å²) in [5.41, 5.74) is 4.22. The van der Waals surface area contributed by atoms with Crippen molar-refractivity contribution < 1.29 is 4.74 Å². The van der Waals surface area contributed by atoms with E-state index < -0.39 is 0 Å². The highest BCUT2D eigenvalue weighted by Gasteiger charge is 2.23. The van der Waals surface area contributed by atoms with Crippen LogP contribution in [0.3, 0.4) is 0 Å². The van der Waals surface area contributed by atoms with Gasteiger partial charge in [0.15, 0.2) is 0 Å². The van der Waals surface area contributed by atoms with E-state index in [1.807, 2.05) is 0 Å². The molecule has 0 aromatic heterocycles. The van der Waals surface area contributed by atoms with Gasteiger partial charge in [0, 0.05) is 6.04 Å². The molecule has 18 heavy (non-hydrogen) atoms. The second kappa shape index (κ2) is 5.41. The normalized spacial score (nSPS) is 20.5. The van der Waals surface area contributed by atoms with E-state index in [0.29, 0.717) is 6.04 Å². The van der Waals surface area contributed by atoms with Gasteiger partial charge in [-0.3, -0.25) is 0 Å². The van der Waals surface area contributed by atoms with Crippen molar-refractivity contribution in [1.29, 1.82) is 0 Å². The van der Waals surface area contributed by atoms with Crippen LogP contribution in [0.1, 0.15) is 55.3 Å². The standard InChI is InChI=1S/C16H23NO/c1-2-17-16(8-12-4-3-5-12)13-6-7-14-10-18-11-15(14)9-13/h6-7,9,12,16-17H,2-5,8,10-11H2,1H3. The quantitative estimate of drug-likeness (QED) is 0.856. The molecule has 1 fully saturated rings. The summed E-state index contributed by atoms with van der Waals surface area (Å²) >= 11 is 0. The summed E-state index contributed by atoms with van der Waals surface area (Å²) in [5, 5.41) is 3.65. The van der Waals surface area contributed by atoms with E-state index in [0.717, 1.165) is 25.7 Å². The van der Waals surface area contributed by atoms with Crippen LogP contribution in [0, 0.1) is 5.92 Å². The van der Waals surface area contributed by atoms with Crippen LogP contribution in [0.15, 0.2) is 18.2 Å². The van der Waals surface area contributed by atoms with E-state index in [1.165, 1.54) is 42.4 Å². The Hall–Kier alpha value is -0.860. The maximum atomic E-state index is 5.50. The summed E-state index contributed by atoms with van der Waals surface area (Å²) in [4.78, 5) is 0. The van der Waals surface area contributed by atoms with Crippen molar-refractivity contribution in [1.82, 2.24) is 5.32 Å². The third-order valence-electron chi connectivity index (χ3n) is 4.39. The predicted molar refractivity (Wildman–Crippen MR) is 73.3 cm³/mol. The lowest BCUT2D eigenvalue weighted by Gasteiger charge is -2.30. The Kier molecular flexibility index (Phi) is 3.67. The molecule has 1 saturated carbocycles. The molecule has 1 aliphatic heterocycles. The average molecular weight is 245 g/mol. The van der Waals surface area contributed by atoms with Gasteiger partial charge < -0.3 is 10.1 Å². The Balaban J connectivity index is 1.75. The van der Waals surface area contributed by atoms with Crippen LogP contribution in [-0.2, 0) is 18.0 Å². The molecular weight excluding hydrogens is 222 g/mol. The molecule has 3 rings (SSSR count). The molecule has 0 bridgehead atoms. The highest BCUT2D eigenvalue weighted by Crippen LogP contribution is 2.35. The van der Waals surface area contributed by atoms with E-state index in [2.05, 4.69) is 30.4 Å². The molecule has 98 valence electrons. The first-order chi connectivity index (χ1) is 8.86. The average Bonchev–Trinajstić information content (AvgIpc) is 2.79. The van der Waals surface area contributed by atoms with Crippen molar-refractivity contribution in [2.45, 2.75) is 51.9 Å². The second-order valence-corrected chi connectivity index (χ2v) is 5.66. The predicted octanol–water partition coefficient (Wildman–Crippen LogP) is 3.56. The molecule has 1 aliphatic carbocycles. The van der Waals surface area contributed by atoms with Gasteiger partial charge in [0.05, 0.1) is 13.2 Å². The number of hydrogen-bond acceptors (Lipinski definition) is 2. The molecule has 1 N–H and O–H groups in total. The highest BCUT2D eigenvalue weighted by atomic mass is 16.5. The highest BCUT2D eigenvalue weighted by molar-refractivity contribution is 5.34. The van der Waals surface area contributed by atoms with Gasteiger partial charge in [0.2, 0.25) is 0 Å². The molecule has 2 aliphatic rings. The Bertz CT molecular complexity index is 412. The maximum Gasteiger partial charge on any atom is 0.0725 e. The monoisotopic (exact) mass is 245 g/mol. The van der Waals surface area contributed by atoms with Crippen molar-refractivity contribution in [2.24, 2.45) is 5.92 Å². The fourth-order valence-corrected chi connectivity index (χ4v) is 3.05. The SMILES string of the molecule is CCNC(CC1CCC1)c1ccc2c(c1)COC2. The minimum absolute atomic E-state index is 0.534. The van der Waals surface area contributed by atoms with Crippen LogP contribution in [0.25, 0.3) is 0 Å². The summed E-state index contributed by atoms with van der Waals surface area (Å²) in [5.74, 6) is 0.943. The van der Waals surface area contributed by atoms with Gasteiger partial charge in [0.25, 0.3) is 0 Å². The molecule has 1 aromatic rings. The van der Waals surface area contributed by atoms with Crippen molar-refractivity contribution in [3.05, 3.63) is 34.9 Å². The number of rotatable bonds is 5. The van der Waals surface area contributed by atoms with Crippen LogP contribution >= 0.6 is 0 Å². The Morgan fingerprint density at radius 1 is 1.28 bits per heavy atom. The summed E-state index contributed by atoms with van der Waals surface area (Å²) in [6.45, 7) is 4.84. The lowest BCUT2D eigenvalue weighted by Crippen LogP contribution is -2.26. The zero-order valence-corrected chi connectivity index (χ0v) is 11.2. The summed E-state index contributed by atoms with van der Waals surface area (Å²) in [6, 6.07) is 7.43. The van der Waals surface area contributed by atoms with E-state index in [-0.39, 0.29) is 0 Å². The first-order valence-electron chi connectivity index (χ1n) is 7.29. The third kappa shape index (κ3) is 2.45. The van der Waals surface area contributed by atoms with Gasteiger partial charge in [-0.25, -0.2) is 0 Å². The largest absolute Gasteiger partial charge is 0.372 e. The van der Waals surface area contributed by atoms with Crippen LogP contribution in [0.5, 0.6) is 0 Å². The lowest BCUT2D eigenvalue weighted by atomic mass is 9.79. The smallest absolute Gasteiger partial charge is 0.0725 e. The number of ether oxygens (including phenoxy) is 1. The summed E-state index contributed by atoms with van der Waals surface area (Å²) in [6.07, 6.45) is 5.58. The molecule has 2 heteroatoms. The minimum atomic E-state index is 0.534. The summed E-state index contributed by atoms with van der Waals surface area (Å²) < 4.78 is 5.50. The molecule has 1 atom stereocenters. The van der Waals surface area contributed by atoms with Gasteiger partial charge in [-0.2, -0.15) is 0 Å². The molecule has 0 radical (unpaired) electrons. The second-order valence-electron chi connectivity index (χ2n) is 5.66. The van der Waals surface area contributed by atoms with Crippen LogP contribution in [-0.4, -0.2) is 6.54 Å². The zero-order chi connectivity index (χ0) is 12.4. The third-order valence-corrected chi connectivity index (χ3v) is 4.39. The Morgan fingerprint density at radius 3 is 2.83 bits per heavy atom. The lowest BCUT2D eigenvalue weighted by molar-refractivity contribution is 0.134. The first-order valence-corrected chi connectivity index (χ1v) is 7.29. The van der Waals surface area contributed by atoms with E-state index in [9.17, 15) is 0 Å². The van der Waals surface area contributed by atoms with Gasteiger partial charge in [0.1, 0.15) is 0 Å². The van der Waals surface area contributed by atoms with Crippen LogP contribution < -0.4 is 5.32 Å². The number of hydrogen-bond donors (Lipinski definition) is 1. The molecule has 1 aromatic carbocycles. The molecule has 0 saturated heterocycles. The topological polar surface area (TPSA) is 21.3 Å². The summed E-state index contributed by atoms with van der Waals surface area (Å²) in [7, 11) is 0. The van der Waals surface area contributed by atoms with Crippen molar-refractivity contribution >= 4 is 0 Å². The zero-order valence-electron chi connectivity index (χ0n) is 11.2. The van der Waals surface area contributed by atoms with Gasteiger partial charge >= 0.3 is 0 Å². The van der Waals surface area contributed by atoms with Crippen LogP contribution in [0.2, 0.25) is 0 Å². The fraction of sp³-hybridized carbons (Fsp3) is 0.625. The molecule has 1 heterocycles. The van der Waals surface area contributed by atoms with Gasteiger partial charge in [-0.05, 0) is 35.6 Å². The number of nitrogens with one attached hydrogen (secondary N) is 1. The van der Waals surface area contributed by atoms with Gasteiger partial charge in [-0.15, -0.1) is 0 Å². The van der Waals surface area contributed by atoms with E-state index in [1.54, 1.807) is 0 Å². The Morgan fingerprint density at radius 2 is 2.11 bits per heavy atom. The molecule has 2 nitrogen and oxygen atoms in total. The Labute approximate surface area is 110 Å². The number of fused-ring (bicyclic) bond motifs is 1. The van der Waals surface area contributed by atoms with Crippen molar-refractivity contribution in [3.8, 4) is 0 Å². The first kappa shape index (κ1) is 12.2. The fourth-order valence-electron chi connectivity index (χ4n) is 3.05.